The largest absolute Gasteiger partial charge is 0.316 e. The van der Waals surface area contributed by atoms with E-state index in [1.54, 1.807) is 24.3 Å². The topological polar surface area (TPSA) is 80.3 Å². The molecule has 1 amide bonds. The van der Waals surface area contributed by atoms with Crippen molar-refractivity contribution in [1.29, 1.82) is 0 Å². The molecule has 3 aromatic carbocycles. The van der Waals surface area contributed by atoms with Crippen molar-refractivity contribution >= 4 is 17.4 Å². The Morgan fingerprint density at radius 2 is 1.43 bits per heavy atom. The molecular weight excluding hydrogens is 356 g/mol. The van der Waals surface area contributed by atoms with E-state index < -0.39 is 16.9 Å². The third-order valence-electron chi connectivity index (χ3n) is 4.82. The van der Waals surface area contributed by atoms with Gasteiger partial charge >= 0.3 is 0 Å². The van der Waals surface area contributed by atoms with E-state index in [2.05, 4.69) is 0 Å². The van der Waals surface area contributed by atoms with Crippen molar-refractivity contribution in [1.82, 2.24) is 4.90 Å². The Hall–Kier alpha value is -3.80. The van der Waals surface area contributed by atoms with Crippen molar-refractivity contribution in [3.8, 4) is 0 Å². The molecule has 0 radical (unpaired) electrons. The minimum Gasteiger partial charge on any atom is -0.316 e. The van der Waals surface area contributed by atoms with E-state index in [4.69, 9.17) is 0 Å². The van der Waals surface area contributed by atoms with Crippen LogP contribution in [-0.2, 0) is 0 Å². The van der Waals surface area contributed by atoms with Gasteiger partial charge in [-0.1, -0.05) is 66.7 Å². The van der Waals surface area contributed by atoms with E-state index in [1.807, 2.05) is 36.4 Å². The van der Waals surface area contributed by atoms with Gasteiger partial charge in [0.05, 0.1) is 11.0 Å². The summed E-state index contributed by atoms with van der Waals surface area (Å²) in [7, 11) is 0. The van der Waals surface area contributed by atoms with Gasteiger partial charge in [-0.25, -0.2) is 0 Å². The van der Waals surface area contributed by atoms with Crippen LogP contribution in [0.4, 0.5) is 5.69 Å². The standard InChI is InChI=1S/C22H16N2O4/c25-21(16-10-5-2-6-11-16)20-19(15-8-3-1-4-9-15)23(20)22(26)17-12-7-13-18(14-17)24(27)28/h1-14,19-20H/t19-,20-,23?/m0/s1. The molecule has 0 unspecified atom stereocenters. The van der Waals surface area contributed by atoms with Gasteiger partial charge in [0.1, 0.15) is 6.04 Å². The van der Waals surface area contributed by atoms with E-state index in [1.165, 1.54) is 29.2 Å². The second-order valence-electron chi connectivity index (χ2n) is 6.55. The lowest BCUT2D eigenvalue weighted by Crippen LogP contribution is -2.19. The molecule has 1 saturated heterocycles. The van der Waals surface area contributed by atoms with Crippen LogP contribution < -0.4 is 0 Å². The van der Waals surface area contributed by atoms with Gasteiger partial charge in [-0.3, -0.25) is 19.7 Å². The molecule has 1 aliphatic heterocycles. The van der Waals surface area contributed by atoms with Crippen LogP contribution in [0.15, 0.2) is 84.9 Å². The van der Waals surface area contributed by atoms with Crippen LogP contribution in [0.5, 0.6) is 0 Å². The number of nitro benzene ring substituents is 1. The van der Waals surface area contributed by atoms with Crippen LogP contribution in [-0.4, -0.2) is 27.6 Å². The Balaban J connectivity index is 1.69. The summed E-state index contributed by atoms with van der Waals surface area (Å²) in [6.07, 6.45) is 0. The molecule has 0 N–H and O–H groups in total. The number of nitro groups is 1. The number of non-ortho nitro benzene ring substituents is 1. The lowest BCUT2D eigenvalue weighted by atomic mass is 10.0. The van der Waals surface area contributed by atoms with E-state index in [0.717, 1.165) is 5.56 Å². The van der Waals surface area contributed by atoms with Gasteiger partial charge in [-0.05, 0) is 11.6 Å². The van der Waals surface area contributed by atoms with Crippen molar-refractivity contribution in [2.45, 2.75) is 12.1 Å². The third-order valence-corrected chi connectivity index (χ3v) is 4.82. The maximum absolute atomic E-state index is 13.1. The van der Waals surface area contributed by atoms with Gasteiger partial charge in [0.15, 0.2) is 5.78 Å². The Labute approximate surface area is 161 Å². The predicted octanol–water partition coefficient (Wildman–Crippen LogP) is 4.04. The number of ketones is 1. The highest BCUT2D eigenvalue weighted by Crippen LogP contribution is 2.46. The molecule has 0 spiro atoms. The normalized spacial score (nSPS) is 17.8. The lowest BCUT2D eigenvalue weighted by Gasteiger charge is -2.05. The number of amides is 1. The maximum Gasteiger partial charge on any atom is 0.270 e. The predicted molar refractivity (Wildman–Crippen MR) is 103 cm³/mol. The Bertz CT molecular complexity index is 1050. The Kier molecular flexibility index (Phi) is 4.45. The van der Waals surface area contributed by atoms with E-state index in [-0.39, 0.29) is 23.1 Å². The zero-order valence-corrected chi connectivity index (χ0v) is 14.8. The summed E-state index contributed by atoms with van der Waals surface area (Å²) >= 11 is 0. The minimum absolute atomic E-state index is 0.145. The minimum atomic E-state index is -0.628. The summed E-state index contributed by atoms with van der Waals surface area (Å²) in [5.41, 5.74) is 1.42. The number of carbonyl (C=O) groups is 2. The smallest absolute Gasteiger partial charge is 0.270 e. The molecule has 1 fully saturated rings. The molecular formula is C22H16N2O4. The highest BCUT2D eigenvalue weighted by Gasteiger charge is 2.56. The van der Waals surface area contributed by atoms with E-state index in [9.17, 15) is 19.7 Å². The molecule has 138 valence electrons. The third kappa shape index (κ3) is 3.16. The fourth-order valence-corrected chi connectivity index (χ4v) is 3.42. The van der Waals surface area contributed by atoms with Gasteiger partial charge in [0.2, 0.25) is 0 Å². The van der Waals surface area contributed by atoms with Gasteiger partial charge < -0.3 is 4.90 Å². The average Bonchev–Trinajstić information content (AvgIpc) is 3.49. The average molecular weight is 372 g/mol. The first-order valence-electron chi connectivity index (χ1n) is 8.79. The number of nitrogens with zero attached hydrogens (tertiary/aromatic N) is 2. The van der Waals surface area contributed by atoms with Crippen LogP contribution in [0.25, 0.3) is 0 Å². The first-order valence-corrected chi connectivity index (χ1v) is 8.79. The highest BCUT2D eigenvalue weighted by molar-refractivity contribution is 6.08. The van der Waals surface area contributed by atoms with Gasteiger partial charge in [0.25, 0.3) is 11.6 Å². The maximum atomic E-state index is 13.1. The molecule has 0 aromatic heterocycles. The molecule has 3 aromatic rings. The first-order chi connectivity index (χ1) is 13.6. The highest BCUT2D eigenvalue weighted by atomic mass is 16.6. The molecule has 6 nitrogen and oxygen atoms in total. The molecule has 0 aliphatic carbocycles. The fraction of sp³-hybridized carbons (Fsp3) is 0.0909. The number of Topliss-reactive ketones (excluding diaryl/α,β-unsaturated/α-hetero) is 1. The zero-order valence-electron chi connectivity index (χ0n) is 14.8. The number of benzene rings is 3. The van der Waals surface area contributed by atoms with Crippen molar-refractivity contribution in [2.75, 3.05) is 0 Å². The van der Waals surface area contributed by atoms with Crippen LogP contribution in [0.2, 0.25) is 0 Å². The molecule has 28 heavy (non-hydrogen) atoms. The van der Waals surface area contributed by atoms with Crippen LogP contribution in [0.3, 0.4) is 0 Å². The summed E-state index contributed by atoms with van der Waals surface area (Å²) in [5, 5.41) is 11.0. The Morgan fingerprint density at radius 1 is 0.821 bits per heavy atom. The van der Waals surface area contributed by atoms with Gasteiger partial charge in [-0.2, -0.15) is 0 Å². The van der Waals surface area contributed by atoms with Crippen molar-refractivity contribution in [2.24, 2.45) is 0 Å². The monoisotopic (exact) mass is 372 g/mol. The number of hydrogen-bond donors (Lipinski definition) is 0. The summed E-state index contributed by atoms with van der Waals surface area (Å²) in [6, 6.07) is 22.7. The van der Waals surface area contributed by atoms with Crippen LogP contribution >= 0.6 is 0 Å². The van der Waals surface area contributed by atoms with E-state index in [0.29, 0.717) is 5.56 Å². The number of hydrogen-bond acceptors (Lipinski definition) is 4. The molecule has 0 saturated carbocycles. The van der Waals surface area contributed by atoms with Crippen molar-refractivity contribution in [3.05, 3.63) is 112 Å². The SMILES string of the molecule is O=C(c1ccccc1)[C@@H]1[C@H](c2ccccc2)N1C(=O)c1cccc([N+](=O)[O-])c1. The summed E-state index contributed by atoms with van der Waals surface area (Å²) < 4.78 is 0. The molecule has 4 rings (SSSR count). The van der Waals surface area contributed by atoms with E-state index >= 15 is 0 Å². The summed E-state index contributed by atoms with van der Waals surface area (Å²) in [6.45, 7) is 0. The van der Waals surface area contributed by atoms with Gasteiger partial charge in [-0.15, -0.1) is 0 Å². The molecule has 2 atom stereocenters. The second-order valence-corrected chi connectivity index (χ2v) is 6.55. The summed E-state index contributed by atoms with van der Waals surface area (Å²) in [5.74, 6) is -0.542. The molecule has 0 bridgehead atoms. The fourth-order valence-electron chi connectivity index (χ4n) is 3.42. The Morgan fingerprint density at radius 3 is 2.07 bits per heavy atom. The quantitative estimate of drug-likeness (QED) is 0.293. The van der Waals surface area contributed by atoms with Crippen molar-refractivity contribution < 1.29 is 14.5 Å². The first kappa shape index (κ1) is 17.6. The van der Waals surface area contributed by atoms with Crippen LogP contribution in [0.1, 0.15) is 32.3 Å². The zero-order chi connectivity index (χ0) is 19.7. The van der Waals surface area contributed by atoms with Crippen molar-refractivity contribution in [3.63, 3.8) is 0 Å². The number of rotatable bonds is 5. The molecule has 1 aliphatic rings. The molecule has 1 heterocycles. The number of carbonyl (C=O) groups excluding carboxylic acids is 2. The second kappa shape index (κ2) is 7.08. The van der Waals surface area contributed by atoms with Crippen LogP contribution in [0, 0.1) is 10.1 Å². The van der Waals surface area contributed by atoms with Gasteiger partial charge in [0, 0.05) is 23.3 Å². The lowest BCUT2D eigenvalue weighted by molar-refractivity contribution is -0.384. The molecule has 6 heteroatoms. The summed E-state index contributed by atoms with van der Waals surface area (Å²) in [4.78, 5) is 38.1.